The van der Waals surface area contributed by atoms with Crippen molar-refractivity contribution in [2.45, 2.75) is 18.7 Å². The molecule has 1 aliphatic heterocycles. The van der Waals surface area contributed by atoms with E-state index in [-0.39, 0.29) is 11.8 Å². The number of rotatable bonds is 5. The fourth-order valence-corrected chi connectivity index (χ4v) is 3.54. The van der Waals surface area contributed by atoms with E-state index in [0.29, 0.717) is 25.4 Å². The summed E-state index contributed by atoms with van der Waals surface area (Å²) in [5, 5.41) is 2.63. The maximum absolute atomic E-state index is 12.3. The lowest BCUT2D eigenvalue weighted by Gasteiger charge is -2.34. The van der Waals surface area contributed by atoms with E-state index in [4.69, 9.17) is 0 Å². The molecular formula is C17H25N3O2S. The molecule has 0 aliphatic carbocycles. The number of piperazine rings is 1. The number of hydrogen-bond acceptors (Lipinski definition) is 4. The maximum Gasteiger partial charge on any atom is 0.233 e. The van der Waals surface area contributed by atoms with Gasteiger partial charge in [0.15, 0.2) is 0 Å². The summed E-state index contributed by atoms with van der Waals surface area (Å²) in [6.45, 7) is 7.48. The second-order valence-electron chi connectivity index (χ2n) is 5.89. The van der Waals surface area contributed by atoms with Gasteiger partial charge in [-0.15, -0.1) is 11.8 Å². The minimum absolute atomic E-state index is 0.0233. The van der Waals surface area contributed by atoms with Crippen molar-refractivity contribution in [3.63, 3.8) is 0 Å². The molecule has 0 radical (unpaired) electrons. The van der Waals surface area contributed by atoms with Crippen LogP contribution < -0.4 is 5.32 Å². The summed E-state index contributed by atoms with van der Waals surface area (Å²) in [7, 11) is 1.65. The van der Waals surface area contributed by atoms with Gasteiger partial charge in [-0.1, -0.05) is 17.7 Å². The average Bonchev–Trinajstić information content (AvgIpc) is 2.54. The van der Waals surface area contributed by atoms with E-state index in [1.165, 1.54) is 16.0 Å². The Morgan fingerprint density at radius 2 is 1.87 bits per heavy atom. The highest BCUT2D eigenvalue weighted by Gasteiger charge is 2.22. The van der Waals surface area contributed by atoms with E-state index in [2.05, 4.69) is 42.3 Å². The van der Waals surface area contributed by atoms with Gasteiger partial charge in [0.25, 0.3) is 0 Å². The summed E-state index contributed by atoms with van der Waals surface area (Å²) in [5.74, 6) is 0.670. The Kier molecular flexibility index (Phi) is 6.47. The zero-order valence-electron chi connectivity index (χ0n) is 14.1. The molecule has 0 aromatic heterocycles. The zero-order chi connectivity index (χ0) is 16.8. The number of carbonyl (C=O) groups excluding carboxylic acids is 2. The summed E-state index contributed by atoms with van der Waals surface area (Å²) >= 11 is 1.60. The van der Waals surface area contributed by atoms with E-state index < -0.39 is 0 Å². The van der Waals surface area contributed by atoms with Crippen LogP contribution in [-0.4, -0.2) is 67.1 Å². The summed E-state index contributed by atoms with van der Waals surface area (Å²) < 4.78 is 0. The molecule has 0 unspecified atom stereocenters. The third kappa shape index (κ3) is 5.25. The van der Waals surface area contributed by atoms with Crippen LogP contribution in [0.1, 0.15) is 11.1 Å². The second-order valence-corrected chi connectivity index (χ2v) is 6.90. The third-order valence-electron chi connectivity index (χ3n) is 4.05. The summed E-state index contributed by atoms with van der Waals surface area (Å²) in [4.78, 5) is 28.9. The molecule has 23 heavy (non-hydrogen) atoms. The lowest BCUT2D eigenvalue weighted by molar-refractivity contribution is -0.130. The smallest absolute Gasteiger partial charge is 0.233 e. The van der Waals surface area contributed by atoms with Crippen molar-refractivity contribution in [1.82, 2.24) is 15.1 Å². The lowest BCUT2D eigenvalue weighted by atomic mass is 10.2. The fraction of sp³-hybridized carbons (Fsp3) is 0.529. The van der Waals surface area contributed by atoms with Gasteiger partial charge in [0.05, 0.1) is 12.3 Å². The van der Waals surface area contributed by atoms with Crippen LogP contribution in [0.3, 0.4) is 0 Å². The van der Waals surface area contributed by atoms with Crippen molar-refractivity contribution in [2.24, 2.45) is 0 Å². The van der Waals surface area contributed by atoms with E-state index in [1.54, 1.807) is 18.8 Å². The molecule has 1 aromatic rings. The normalized spacial score (nSPS) is 15.5. The lowest BCUT2D eigenvalue weighted by Crippen LogP contribution is -2.51. The van der Waals surface area contributed by atoms with Crippen LogP contribution >= 0.6 is 11.8 Å². The molecular weight excluding hydrogens is 310 g/mol. The molecule has 6 heteroatoms. The molecule has 2 amide bonds. The maximum atomic E-state index is 12.3. The summed E-state index contributed by atoms with van der Waals surface area (Å²) in [5.41, 5.74) is 2.46. The Balaban J connectivity index is 1.78. The first kappa shape index (κ1) is 17.8. The molecule has 0 spiro atoms. The molecule has 1 saturated heterocycles. The van der Waals surface area contributed by atoms with Crippen LogP contribution in [0, 0.1) is 13.8 Å². The topological polar surface area (TPSA) is 52.7 Å². The van der Waals surface area contributed by atoms with Gasteiger partial charge in [0.1, 0.15) is 0 Å². The van der Waals surface area contributed by atoms with Crippen molar-refractivity contribution < 1.29 is 9.59 Å². The van der Waals surface area contributed by atoms with Gasteiger partial charge in [0, 0.05) is 38.1 Å². The van der Waals surface area contributed by atoms with Crippen molar-refractivity contribution in [3.8, 4) is 0 Å². The van der Waals surface area contributed by atoms with E-state index in [1.807, 2.05) is 4.90 Å². The van der Waals surface area contributed by atoms with Gasteiger partial charge in [-0.2, -0.15) is 0 Å². The molecule has 2 rings (SSSR count). The molecule has 5 nitrogen and oxygen atoms in total. The highest BCUT2D eigenvalue weighted by atomic mass is 32.2. The zero-order valence-corrected chi connectivity index (χ0v) is 14.9. The molecule has 0 bridgehead atoms. The van der Waals surface area contributed by atoms with Crippen LogP contribution in [0.25, 0.3) is 0 Å². The largest absolute Gasteiger partial charge is 0.358 e. The minimum Gasteiger partial charge on any atom is -0.358 e. The third-order valence-corrected chi connectivity index (χ3v) is 5.21. The number of carbonyl (C=O) groups is 2. The van der Waals surface area contributed by atoms with Crippen molar-refractivity contribution in [1.29, 1.82) is 0 Å². The van der Waals surface area contributed by atoms with Crippen molar-refractivity contribution in [2.75, 3.05) is 45.5 Å². The first-order valence-corrected chi connectivity index (χ1v) is 8.89. The molecule has 1 aliphatic rings. The SMILES string of the molecule is CNC(=O)CN1CCN(C(=O)CSc2ccc(C)cc2C)CC1. The first-order valence-electron chi connectivity index (χ1n) is 7.90. The Morgan fingerprint density at radius 1 is 1.17 bits per heavy atom. The minimum atomic E-state index is 0.0233. The highest BCUT2D eigenvalue weighted by molar-refractivity contribution is 8.00. The summed E-state index contributed by atoms with van der Waals surface area (Å²) in [6, 6.07) is 6.31. The number of amides is 2. The molecule has 0 atom stereocenters. The van der Waals surface area contributed by atoms with Crippen LogP contribution in [0.15, 0.2) is 23.1 Å². The van der Waals surface area contributed by atoms with Gasteiger partial charge in [0.2, 0.25) is 11.8 Å². The molecule has 1 aromatic carbocycles. The predicted molar refractivity (Wildman–Crippen MR) is 93.7 cm³/mol. The number of benzene rings is 1. The van der Waals surface area contributed by atoms with E-state index >= 15 is 0 Å². The van der Waals surface area contributed by atoms with Crippen LogP contribution in [0.5, 0.6) is 0 Å². The fourth-order valence-electron chi connectivity index (χ4n) is 2.63. The predicted octanol–water partition coefficient (Wildman–Crippen LogP) is 1.29. The molecule has 1 N–H and O–H groups in total. The number of thioether (sulfide) groups is 1. The monoisotopic (exact) mass is 335 g/mol. The Morgan fingerprint density at radius 3 is 2.48 bits per heavy atom. The molecule has 0 saturated carbocycles. The van der Waals surface area contributed by atoms with Gasteiger partial charge in [-0.25, -0.2) is 0 Å². The Labute approximate surface area is 142 Å². The standard InChI is InChI=1S/C17H25N3O2S/c1-13-4-5-15(14(2)10-13)23-12-17(22)20-8-6-19(7-9-20)11-16(21)18-3/h4-5,10H,6-9,11-12H2,1-3H3,(H,18,21). The van der Waals surface area contributed by atoms with Crippen LogP contribution in [-0.2, 0) is 9.59 Å². The van der Waals surface area contributed by atoms with Gasteiger partial charge < -0.3 is 10.2 Å². The second kappa shape index (κ2) is 8.36. The molecule has 126 valence electrons. The average molecular weight is 335 g/mol. The number of nitrogens with zero attached hydrogens (tertiary/aromatic N) is 2. The van der Waals surface area contributed by atoms with Gasteiger partial charge in [-0.05, 0) is 25.5 Å². The number of nitrogens with one attached hydrogen (secondary N) is 1. The molecule has 1 heterocycles. The van der Waals surface area contributed by atoms with E-state index in [0.717, 1.165) is 13.1 Å². The summed E-state index contributed by atoms with van der Waals surface area (Å²) in [6.07, 6.45) is 0. The van der Waals surface area contributed by atoms with Crippen molar-refractivity contribution >= 4 is 23.6 Å². The highest BCUT2D eigenvalue weighted by Crippen LogP contribution is 2.23. The number of likely N-dealkylation sites (N-methyl/N-ethyl adjacent to an activating group) is 1. The van der Waals surface area contributed by atoms with Gasteiger partial charge >= 0.3 is 0 Å². The molecule has 1 fully saturated rings. The number of hydrogen-bond donors (Lipinski definition) is 1. The Bertz CT molecular complexity index is 569. The first-order chi connectivity index (χ1) is 11.0. The Hall–Kier alpha value is -1.53. The quantitative estimate of drug-likeness (QED) is 0.824. The van der Waals surface area contributed by atoms with Crippen molar-refractivity contribution in [3.05, 3.63) is 29.3 Å². The van der Waals surface area contributed by atoms with Gasteiger partial charge in [-0.3, -0.25) is 14.5 Å². The number of aryl methyl sites for hydroxylation is 2. The van der Waals surface area contributed by atoms with E-state index in [9.17, 15) is 9.59 Å². The van der Waals surface area contributed by atoms with Crippen LogP contribution in [0.4, 0.5) is 0 Å². The van der Waals surface area contributed by atoms with Crippen LogP contribution in [0.2, 0.25) is 0 Å².